The summed E-state index contributed by atoms with van der Waals surface area (Å²) in [6.07, 6.45) is 6.73. The van der Waals surface area contributed by atoms with E-state index in [-0.39, 0.29) is 17.8 Å². The number of fused-ring (bicyclic) bond motifs is 1. The van der Waals surface area contributed by atoms with Crippen molar-refractivity contribution in [1.29, 1.82) is 0 Å². The average molecular weight is 449 g/mol. The number of anilines is 1. The zero-order chi connectivity index (χ0) is 22.9. The predicted octanol–water partition coefficient (Wildman–Crippen LogP) is 3.34. The van der Waals surface area contributed by atoms with Crippen molar-refractivity contribution >= 4 is 22.5 Å². The van der Waals surface area contributed by atoms with Crippen LogP contribution >= 0.6 is 0 Å². The van der Waals surface area contributed by atoms with E-state index in [9.17, 15) is 4.79 Å². The van der Waals surface area contributed by atoms with Gasteiger partial charge < -0.3 is 14.7 Å². The molecule has 0 N–H and O–H groups in total. The topological polar surface area (TPSA) is 57.5 Å². The third-order valence-corrected chi connectivity index (χ3v) is 6.80. The summed E-state index contributed by atoms with van der Waals surface area (Å²) in [5, 5.41) is 5.81. The fourth-order valence-corrected chi connectivity index (χ4v) is 4.92. The fraction of sp³-hybridized carbons (Fsp3) is 0.400. The van der Waals surface area contributed by atoms with Gasteiger partial charge in [-0.15, -0.1) is 0 Å². The van der Waals surface area contributed by atoms with E-state index in [0.29, 0.717) is 17.9 Å². The van der Waals surface area contributed by atoms with Crippen LogP contribution in [0.15, 0.2) is 49.3 Å². The van der Waals surface area contributed by atoms with Crippen molar-refractivity contribution in [3.05, 3.63) is 55.1 Å². The minimum absolute atomic E-state index is 0.0516. The first-order valence-electron chi connectivity index (χ1n) is 11.5. The maximum atomic E-state index is 15.2. The van der Waals surface area contributed by atoms with E-state index in [1.54, 1.807) is 18.5 Å². The van der Waals surface area contributed by atoms with E-state index in [1.807, 2.05) is 27.8 Å². The SMILES string of the molecule is C=CC(=O)N1CCCC(n2nc(-c3ccc(N4CCN(C)CC4)c(F)c3)c3cnccc32)C1. The van der Waals surface area contributed by atoms with E-state index in [1.165, 1.54) is 6.08 Å². The number of carbonyl (C=O) groups excluding carboxylic acids is 1. The first-order valence-corrected chi connectivity index (χ1v) is 11.5. The highest BCUT2D eigenvalue weighted by molar-refractivity contribution is 5.93. The Kier molecular flexibility index (Phi) is 5.85. The van der Waals surface area contributed by atoms with Crippen molar-refractivity contribution in [2.75, 3.05) is 51.2 Å². The summed E-state index contributed by atoms with van der Waals surface area (Å²) in [6, 6.07) is 7.39. The minimum atomic E-state index is -0.232. The lowest BCUT2D eigenvalue weighted by molar-refractivity contribution is -0.127. The molecule has 5 rings (SSSR count). The Morgan fingerprint density at radius 1 is 1.18 bits per heavy atom. The second-order valence-corrected chi connectivity index (χ2v) is 8.93. The molecular formula is C25H29FN6O. The van der Waals surface area contributed by atoms with Crippen molar-refractivity contribution in [3.8, 4) is 11.3 Å². The normalized spacial score (nSPS) is 19.8. The van der Waals surface area contributed by atoms with Gasteiger partial charge in [-0.1, -0.05) is 12.6 Å². The lowest BCUT2D eigenvalue weighted by Crippen LogP contribution is -2.44. The van der Waals surface area contributed by atoms with Crippen molar-refractivity contribution in [2.24, 2.45) is 0 Å². The number of halogens is 1. The molecule has 1 unspecified atom stereocenters. The number of piperidine rings is 1. The van der Waals surface area contributed by atoms with Gasteiger partial charge in [-0.3, -0.25) is 14.5 Å². The lowest BCUT2D eigenvalue weighted by atomic mass is 10.1. The van der Waals surface area contributed by atoms with Gasteiger partial charge in [0.2, 0.25) is 5.91 Å². The van der Waals surface area contributed by atoms with Gasteiger partial charge in [0.15, 0.2) is 0 Å². The second-order valence-electron chi connectivity index (χ2n) is 8.93. The molecule has 33 heavy (non-hydrogen) atoms. The Bertz CT molecular complexity index is 1180. The molecule has 2 aromatic heterocycles. The second kappa shape index (κ2) is 8.94. The van der Waals surface area contributed by atoms with Gasteiger partial charge in [0.1, 0.15) is 11.5 Å². The van der Waals surface area contributed by atoms with Crippen LogP contribution in [0.4, 0.5) is 10.1 Å². The fourth-order valence-electron chi connectivity index (χ4n) is 4.92. The third-order valence-electron chi connectivity index (χ3n) is 6.80. The van der Waals surface area contributed by atoms with Crippen LogP contribution in [0.2, 0.25) is 0 Å². The number of pyridine rings is 1. The molecule has 4 heterocycles. The monoisotopic (exact) mass is 448 g/mol. The molecule has 3 aromatic rings. The minimum Gasteiger partial charge on any atom is -0.367 e. The highest BCUT2D eigenvalue weighted by Crippen LogP contribution is 2.34. The molecule has 2 fully saturated rings. The molecule has 172 valence electrons. The average Bonchev–Trinajstić information content (AvgIpc) is 3.24. The number of piperazine rings is 1. The van der Waals surface area contributed by atoms with Crippen LogP contribution in [0.1, 0.15) is 18.9 Å². The first kappa shape index (κ1) is 21.6. The number of amides is 1. The van der Waals surface area contributed by atoms with E-state index < -0.39 is 0 Å². The Hall–Kier alpha value is -3.26. The molecule has 0 spiro atoms. The lowest BCUT2D eigenvalue weighted by Gasteiger charge is -2.34. The molecule has 1 amide bonds. The summed E-state index contributed by atoms with van der Waals surface area (Å²) in [7, 11) is 2.09. The highest BCUT2D eigenvalue weighted by Gasteiger charge is 2.27. The molecule has 0 aliphatic carbocycles. The molecular weight excluding hydrogens is 419 g/mol. The molecule has 2 aliphatic rings. The van der Waals surface area contributed by atoms with Crippen molar-refractivity contribution < 1.29 is 9.18 Å². The molecule has 7 nitrogen and oxygen atoms in total. The number of likely N-dealkylation sites (N-methyl/N-ethyl adjacent to an activating group) is 1. The van der Waals surface area contributed by atoms with Gasteiger partial charge in [0, 0.05) is 62.6 Å². The molecule has 1 atom stereocenters. The van der Waals surface area contributed by atoms with Crippen molar-refractivity contribution in [3.63, 3.8) is 0 Å². The van der Waals surface area contributed by atoms with E-state index >= 15 is 4.39 Å². The summed E-state index contributed by atoms with van der Waals surface area (Å²) in [5.74, 6) is -0.288. The number of carbonyl (C=O) groups is 1. The highest BCUT2D eigenvalue weighted by atomic mass is 19.1. The zero-order valence-corrected chi connectivity index (χ0v) is 19.0. The number of hydrogen-bond acceptors (Lipinski definition) is 5. The summed E-state index contributed by atoms with van der Waals surface area (Å²) >= 11 is 0. The number of aromatic nitrogens is 3. The zero-order valence-electron chi connectivity index (χ0n) is 19.0. The van der Waals surface area contributed by atoms with Gasteiger partial charge in [-0.05, 0) is 44.2 Å². The van der Waals surface area contributed by atoms with E-state index in [4.69, 9.17) is 5.10 Å². The molecule has 0 bridgehead atoms. The maximum absolute atomic E-state index is 15.2. The van der Waals surface area contributed by atoms with Crippen LogP contribution in [0.25, 0.3) is 22.2 Å². The number of rotatable bonds is 4. The smallest absolute Gasteiger partial charge is 0.246 e. The first-order chi connectivity index (χ1) is 16.0. The third kappa shape index (κ3) is 4.11. The summed E-state index contributed by atoms with van der Waals surface area (Å²) in [5.41, 5.74) is 3.03. The van der Waals surface area contributed by atoms with E-state index in [2.05, 4.69) is 28.4 Å². The number of benzene rings is 1. The van der Waals surface area contributed by atoms with Crippen LogP contribution in [0, 0.1) is 5.82 Å². The van der Waals surface area contributed by atoms with Crippen LogP contribution in [-0.4, -0.2) is 76.8 Å². The van der Waals surface area contributed by atoms with Crippen LogP contribution in [0.3, 0.4) is 0 Å². The summed E-state index contributed by atoms with van der Waals surface area (Å²) in [4.78, 5) is 22.6. The molecule has 8 heteroatoms. The maximum Gasteiger partial charge on any atom is 0.246 e. The van der Waals surface area contributed by atoms with Gasteiger partial charge >= 0.3 is 0 Å². The summed E-state index contributed by atoms with van der Waals surface area (Å²) in [6.45, 7) is 8.41. The molecule has 1 aromatic carbocycles. The summed E-state index contributed by atoms with van der Waals surface area (Å²) < 4.78 is 17.2. The predicted molar refractivity (Wildman–Crippen MR) is 128 cm³/mol. The van der Waals surface area contributed by atoms with Gasteiger partial charge in [-0.2, -0.15) is 5.10 Å². The van der Waals surface area contributed by atoms with Gasteiger partial charge in [-0.25, -0.2) is 4.39 Å². The Morgan fingerprint density at radius 3 is 2.76 bits per heavy atom. The van der Waals surface area contributed by atoms with Crippen molar-refractivity contribution in [2.45, 2.75) is 18.9 Å². The van der Waals surface area contributed by atoms with Gasteiger partial charge in [0.05, 0.1) is 17.2 Å². The molecule has 2 aliphatic heterocycles. The largest absolute Gasteiger partial charge is 0.367 e. The van der Waals surface area contributed by atoms with Crippen LogP contribution in [-0.2, 0) is 4.79 Å². The van der Waals surface area contributed by atoms with Gasteiger partial charge in [0.25, 0.3) is 0 Å². The molecule has 2 saturated heterocycles. The van der Waals surface area contributed by atoms with Crippen LogP contribution < -0.4 is 4.90 Å². The standard InChI is InChI=1S/C25H29FN6O/c1-3-24(33)31-10-4-5-19(17-31)32-22-8-9-27-16-20(22)25(28-32)18-6-7-23(21(26)15-18)30-13-11-29(2)12-14-30/h3,6-9,15-16,19H,1,4-5,10-14,17H2,2H3. The molecule has 0 radical (unpaired) electrons. The van der Waals surface area contributed by atoms with E-state index in [0.717, 1.165) is 62.0 Å². The Balaban J connectivity index is 1.49. The molecule has 0 saturated carbocycles. The van der Waals surface area contributed by atoms with Crippen molar-refractivity contribution in [1.82, 2.24) is 24.6 Å². The number of hydrogen-bond donors (Lipinski definition) is 0. The number of nitrogens with zero attached hydrogens (tertiary/aromatic N) is 6. The quantitative estimate of drug-likeness (QED) is 0.573. The number of likely N-dealkylation sites (tertiary alicyclic amines) is 1. The Morgan fingerprint density at radius 2 is 2.00 bits per heavy atom. The Labute approximate surface area is 193 Å². The van der Waals surface area contributed by atoms with Crippen LogP contribution in [0.5, 0.6) is 0 Å².